The van der Waals surface area contributed by atoms with Crippen LogP contribution in [0.15, 0.2) is 25.3 Å². The second kappa shape index (κ2) is 12.0. The Bertz CT molecular complexity index is 440. The molecular weight excluding hydrogens is 388 g/mol. The van der Waals surface area contributed by atoms with Crippen molar-refractivity contribution in [3.05, 3.63) is 25.3 Å². The van der Waals surface area contributed by atoms with Crippen molar-refractivity contribution in [2.45, 2.75) is 135 Å². The Labute approximate surface area is 185 Å². The van der Waals surface area contributed by atoms with E-state index >= 15 is 0 Å². The SMILES string of the molecule is C=CCCC[C@H](C[C@@H](CCCC=C)O[Si](C)(C)C(C)(C)C)O[Si](C)(C)C(C)(C)C. The molecule has 4 heteroatoms. The lowest BCUT2D eigenvalue weighted by Crippen LogP contribution is -2.47. The summed E-state index contributed by atoms with van der Waals surface area (Å²) in [7, 11) is -3.63. The molecule has 29 heavy (non-hydrogen) atoms. The molecule has 0 bridgehead atoms. The van der Waals surface area contributed by atoms with Gasteiger partial charge in [0.05, 0.1) is 0 Å². The van der Waals surface area contributed by atoms with Gasteiger partial charge < -0.3 is 8.85 Å². The molecule has 2 nitrogen and oxygen atoms in total. The number of hydrogen-bond acceptors (Lipinski definition) is 2. The summed E-state index contributed by atoms with van der Waals surface area (Å²) in [6.07, 6.45) is 12.2. The highest BCUT2D eigenvalue weighted by molar-refractivity contribution is 6.74. The summed E-state index contributed by atoms with van der Waals surface area (Å²) in [5.74, 6) is 0. The zero-order valence-electron chi connectivity index (χ0n) is 21.5. The maximum absolute atomic E-state index is 6.91. The van der Waals surface area contributed by atoms with E-state index in [0.29, 0.717) is 0 Å². The van der Waals surface area contributed by atoms with Crippen LogP contribution in [0.1, 0.15) is 86.5 Å². The Morgan fingerprint density at radius 2 is 1.00 bits per heavy atom. The molecule has 0 aliphatic heterocycles. The molecule has 0 amide bonds. The second-order valence-electron chi connectivity index (χ2n) is 11.7. The lowest BCUT2D eigenvalue weighted by molar-refractivity contribution is 0.0804. The highest BCUT2D eigenvalue weighted by Crippen LogP contribution is 2.40. The normalized spacial score (nSPS) is 15.8. The molecule has 0 aliphatic rings. The molecule has 0 saturated carbocycles. The lowest BCUT2D eigenvalue weighted by atomic mass is 10.0. The minimum atomic E-state index is -1.81. The van der Waals surface area contributed by atoms with E-state index in [0.717, 1.165) is 44.9 Å². The van der Waals surface area contributed by atoms with Gasteiger partial charge in [-0.05, 0) is 81.2 Å². The molecule has 0 rings (SSSR count). The van der Waals surface area contributed by atoms with Gasteiger partial charge >= 0.3 is 0 Å². The van der Waals surface area contributed by atoms with Crippen LogP contribution in [0.5, 0.6) is 0 Å². The first-order valence-corrected chi connectivity index (χ1v) is 17.5. The fourth-order valence-corrected chi connectivity index (χ4v) is 5.71. The molecule has 2 atom stereocenters. The lowest BCUT2D eigenvalue weighted by Gasteiger charge is -2.42. The largest absolute Gasteiger partial charge is 0.414 e. The van der Waals surface area contributed by atoms with Crippen molar-refractivity contribution in [2.24, 2.45) is 0 Å². The summed E-state index contributed by atoms with van der Waals surface area (Å²) >= 11 is 0. The van der Waals surface area contributed by atoms with E-state index in [-0.39, 0.29) is 22.3 Å². The van der Waals surface area contributed by atoms with Gasteiger partial charge in [-0.2, -0.15) is 0 Å². The van der Waals surface area contributed by atoms with Crippen molar-refractivity contribution in [1.82, 2.24) is 0 Å². The van der Waals surface area contributed by atoms with Crippen LogP contribution in [0.2, 0.25) is 36.3 Å². The maximum Gasteiger partial charge on any atom is 0.192 e. The van der Waals surface area contributed by atoms with Crippen LogP contribution in [0.25, 0.3) is 0 Å². The van der Waals surface area contributed by atoms with Crippen LogP contribution in [0, 0.1) is 0 Å². The zero-order valence-corrected chi connectivity index (χ0v) is 23.5. The molecule has 0 heterocycles. The van der Waals surface area contributed by atoms with Gasteiger partial charge in [0.25, 0.3) is 0 Å². The van der Waals surface area contributed by atoms with Crippen LogP contribution in [-0.2, 0) is 8.85 Å². The highest BCUT2D eigenvalue weighted by atomic mass is 28.4. The maximum atomic E-state index is 6.91. The third-order valence-corrected chi connectivity index (χ3v) is 16.0. The van der Waals surface area contributed by atoms with Crippen LogP contribution < -0.4 is 0 Å². The molecule has 0 aliphatic carbocycles. The minimum absolute atomic E-state index is 0.225. The van der Waals surface area contributed by atoms with E-state index in [1.165, 1.54) is 0 Å². The Hall–Kier alpha value is -0.166. The van der Waals surface area contributed by atoms with Crippen molar-refractivity contribution in [3.8, 4) is 0 Å². The van der Waals surface area contributed by atoms with Crippen LogP contribution >= 0.6 is 0 Å². The molecule has 0 fully saturated rings. The topological polar surface area (TPSA) is 18.5 Å². The van der Waals surface area contributed by atoms with E-state index in [9.17, 15) is 0 Å². The number of allylic oxidation sites excluding steroid dienone is 2. The number of unbranched alkanes of at least 4 members (excludes halogenated alkanes) is 2. The van der Waals surface area contributed by atoms with E-state index < -0.39 is 16.6 Å². The highest BCUT2D eigenvalue weighted by Gasteiger charge is 2.41. The fraction of sp³-hybridized carbons (Fsp3) is 0.840. The van der Waals surface area contributed by atoms with Crippen molar-refractivity contribution in [3.63, 3.8) is 0 Å². The molecule has 0 aromatic carbocycles. The van der Waals surface area contributed by atoms with E-state index in [1.807, 2.05) is 12.2 Å². The summed E-state index contributed by atoms with van der Waals surface area (Å²) in [6.45, 7) is 31.2. The van der Waals surface area contributed by atoms with E-state index in [2.05, 4.69) is 80.9 Å². The number of hydrogen-bond donors (Lipinski definition) is 0. The van der Waals surface area contributed by atoms with Crippen molar-refractivity contribution in [2.75, 3.05) is 0 Å². The first kappa shape index (κ1) is 28.8. The quantitative estimate of drug-likeness (QED) is 0.152. The third-order valence-electron chi connectivity index (χ3n) is 6.93. The monoisotopic (exact) mass is 440 g/mol. The first-order valence-electron chi connectivity index (χ1n) is 11.6. The van der Waals surface area contributed by atoms with Gasteiger partial charge in [0.2, 0.25) is 0 Å². The van der Waals surface area contributed by atoms with Crippen molar-refractivity contribution < 1.29 is 8.85 Å². The molecule has 172 valence electrons. The van der Waals surface area contributed by atoms with Crippen LogP contribution in [-0.4, -0.2) is 28.8 Å². The van der Waals surface area contributed by atoms with Gasteiger partial charge in [0.15, 0.2) is 16.6 Å². The van der Waals surface area contributed by atoms with Crippen molar-refractivity contribution in [1.29, 1.82) is 0 Å². The molecule has 0 radical (unpaired) electrons. The average molecular weight is 441 g/mol. The van der Waals surface area contributed by atoms with Gasteiger partial charge in [-0.3, -0.25) is 0 Å². The standard InChI is InChI=1S/C25H52O2Si2/c1-13-15-17-19-22(26-28(9,10)24(3,4)5)21-23(20-18-16-14-2)27-29(11,12)25(6,7)8/h13-14,22-23H,1-2,15-21H2,3-12H3/t22-,23-/m1/s1. The summed E-state index contributed by atoms with van der Waals surface area (Å²) < 4.78 is 13.8. The summed E-state index contributed by atoms with van der Waals surface area (Å²) in [5, 5.41) is 0.449. The predicted molar refractivity (Wildman–Crippen MR) is 137 cm³/mol. The molecule has 0 unspecified atom stereocenters. The molecule has 0 spiro atoms. The van der Waals surface area contributed by atoms with Crippen LogP contribution in [0.4, 0.5) is 0 Å². The van der Waals surface area contributed by atoms with Gasteiger partial charge in [-0.25, -0.2) is 0 Å². The summed E-state index contributed by atoms with van der Waals surface area (Å²) in [6, 6.07) is 0. The average Bonchev–Trinajstić information content (AvgIpc) is 2.52. The Kier molecular flexibility index (Phi) is 12.0. The summed E-state index contributed by atoms with van der Waals surface area (Å²) in [5.41, 5.74) is 0. The Morgan fingerprint density at radius 1 is 0.690 bits per heavy atom. The smallest absolute Gasteiger partial charge is 0.192 e. The van der Waals surface area contributed by atoms with Gasteiger partial charge in [-0.1, -0.05) is 53.7 Å². The molecular formula is C25H52O2Si2. The first-order chi connectivity index (χ1) is 13.1. The van der Waals surface area contributed by atoms with Gasteiger partial charge in [-0.15, -0.1) is 13.2 Å². The van der Waals surface area contributed by atoms with Gasteiger partial charge in [0.1, 0.15) is 0 Å². The molecule has 0 saturated heterocycles. The molecule has 0 aromatic heterocycles. The van der Waals surface area contributed by atoms with E-state index in [4.69, 9.17) is 8.85 Å². The fourth-order valence-electron chi connectivity index (χ4n) is 2.91. The van der Waals surface area contributed by atoms with Crippen LogP contribution in [0.3, 0.4) is 0 Å². The second-order valence-corrected chi connectivity index (χ2v) is 21.2. The summed E-state index contributed by atoms with van der Waals surface area (Å²) in [4.78, 5) is 0. The van der Waals surface area contributed by atoms with E-state index in [1.54, 1.807) is 0 Å². The number of rotatable bonds is 14. The molecule has 0 aromatic rings. The van der Waals surface area contributed by atoms with Gasteiger partial charge in [0, 0.05) is 12.2 Å². The Balaban J connectivity index is 5.47. The Morgan fingerprint density at radius 3 is 1.24 bits per heavy atom. The minimum Gasteiger partial charge on any atom is -0.414 e. The zero-order chi connectivity index (χ0) is 22.9. The third kappa shape index (κ3) is 10.6. The van der Waals surface area contributed by atoms with Crippen molar-refractivity contribution >= 4 is 16.6 Å². The molecule has 0 N–H and O–H groups in total. The predicted octanol–water partition coefficient (Wildman–Crippen LogP) is 8.87.